The van der Waals surface area contributed by atoms with Crippen LogP contribution in [0.5, 0.6) is 0 Å². The van der Waals surface area contributed by atoms with Crippen molar-refractivity contribution in [1.29, 1.82) is 0 Å². The van der Waals surface area contributed by atoms with Gasteiger partial charge < -0.3 is 10.4 Å². The first-order chi connectivity index (χ1) is 10.8. The number of amides is 1. The van der Waals surface area contributed by atoms with Crippen molar-refractivity contribution in [3.63, 3.8) is 0 Å². The molecule has 1 aliphatic carbocycles. The second-order valence-corrected chi connectivity index (χ2v) is 7.41. The Labute approximate surface area is 138 Å². The maximum Gasteiger partial charge on any atom is 0.306 e. The SMILES string of the molecule is CC(CC(C)(C)c1ccccc1)NC(=O)[C@@H]1CC[C@H](C(=O)O)C1. The van der Waals surface area contributed by atoms with Crippen LogP contribution < -0.4 is 5.32 Å². The lowest BCUT2D eigenvalue weighted by atomic mass is 9.79. The highest BCUT2D eigenvalue weighted by molar-refractivity contribution is 5.81. The zero-order chi connectivity index (χ0) is 17.0. The number of rotatable bonds is 6. The van der Waals surface area contributed by atoms with Crippen molar-refractivity contribution in [3.8, 4) is 0 Å². The molecule has 0 radical (unpaired) electrons. The molecule has 4 nitrogen and oxygen atoms in total. The third-order valence-electron chi connectivity index (χ3n) is 4.91. The number of benzene rings is 1. The summed E-state index contributed by atoms with van der Waals surface area (Å²) in [5.74, 6) is -1.29. The second-order valence-electron chi connectivity index (χ2n) is 7.41. The van der Waals surface area contributed by atoms with Crippen molar-refractivity contribution < 1.29 is 14.7 Å². The number of carbonyl (C=O) groups excluding carboxylic acids is 1. The Morgan fingerprint density at radius 1 is 1.22 bits per heavy atom. The van der Waals surface area contributed by atoms with Crippen LogP contribution in [0.2, 0.25) is 0 Å². The van der Waals surface area contributed by atoms with Gasteiger partial charge in [-0.3, -0.25) is 9.59 Å². The molecule has 1 aromatic carbocycles. The number of carboxylic acid groups (broad SMARTS) is 1. The van der Waals surface area contributed by atoms with Crippen LogP contribution in [0.4, 0.5) is 0 Å². The van der Waals surface area contributed by atoms with Crippen LogP contribution in [0.1, 0.15) is 52.0 Å². The van der Waals surface area contributed by atoms with Gasteiger partial charge in [-0.15, -0.1) is 0 Å². The molecule has 0 saturated heterocycles. The van der Waals surface area contributed by atoms with E-state index in [9.17, 15) is 9.59 Å². The third kappa shape index (κ3) is 4.57. The van der Waals surface area contributed by atoms with Crippen LogP contribution >= 0.6 is 0 Å². The Morgan fingerprint density at radius 2 is 1.83 bits per heavy atom. The quantitative estimate of drug-likeness (QED) is 0.845. The van der Waals surface area contributed by atoms with Crippen LogP contribution in [-0.4, -0.2) is 23.0 Å². The van der Waals surface area contributed by atoms with Gasteiger partial charge in [-0.05, 0) is 43.6 Å². The van der Waals surface area contributed by atoms with Crippen molar-refractivity contribution in [1.82, 2.24) is 5.32 Å². The van der Waals surface area contributed by atoms with Crippen LogP contribution in [0.3, 0.4) is 0 Å². The molecule has 0 bridgehead atoms. The Morgan fingerprint density at radius 3 is 2.39 bits per heavy atom. The van der Waals surface area contributed by atoms with E-state index in [1.807, 2.05) is 25.1 Å². The number of hydrogen-bond acceptors (Lipinski definition) is 2. The molecule has 1 saturated carbocycles. The molecular weight excluding hydrogens is 290 g/mol. The van der Waals surface area contributed by atoms with E-state index in [1.165, 1.54) is 5.56 Å². The van der Waals surface area contributed by atoms with E-state index >= 15 is 0 Å². The maximum absolute atomic E-state index is 12.3. The van der Waals surface area contributed by atoms with Crippen molar-refractivity contribution in [3.05, 3.63) is 35.9 Å². The van der Waals surface area contributed by atoms with E-state index < -0.39 is 5.97 Å². The zero-order valence-electron chi connectivity index (χ0n) is 14.2. The van der Waals surface area contributed by atoms with Crippen LogP contribution in [-0.2, 0) is 15.0 Å². The second kappa shape index (κ2) is 7.16. The average molecular weight is 317 g/mol. The van der Waals surface area contributed by atoms with Gasteiger partial charge in [0, 0.05) is 12.0 Å². The van der Waals surface area contributed by atoms with Gasteiger partial charge >= 0.3 is 5.97 Å². The lowest BCUT2D eigenvalue weighted by molar-refractivity contribution is -0.141. The number of carboxylic acids is 1. The Balaban J connectivity index is 1.88. The van der Waals surface area contributed by atoms with Crippen LogP contribution in [0.15, 0.2) is 30.3 Å². The highest BCUT2D eigenvalue weighted by Gasteiger charge is 2.34. The van der Waals surface area contributed by atoms with E-state index in [0.29, 0.717) is 19.3 Å². The number of nitrogens with one attached hydrogen (secondary N) is 1. The van der Waals surface area contributed by atoms with E-state index in [4.69, 9.17) is 5.11 Å². The molecular formula is C19H27NO3. The monoisotopic (exact) mass is 317 g/mol. The number of hydrogen-bond donors (Lipinski definition) is 2. The van der Waals surface area contributed by atoms with Crippen LogP contribution in [0.25, 0.3) is 0 Å². The van der Waals surface area contributed by atoms with Crippen LogP contribution in [0, 0.1) is 11.8 Å². The van der Waals surface area contributed by atoms with Crippen molar-refractivity contribution in [2.24, 2.45) is 11.8 Å². The maximum atomic E-state index is 12.3. The predicted molar refractivity (Wildman–Crippen MR) is 90.2 cm³/mol. The molecule has 0 heterocycles. The summed E-state index contributed by atoms with van der Waals surface area (Å²) >= 11 is 0. The molecule has 2 N–H and O–H groups in total. The summed E-state index contributed by atoms with van der Waals surface area (Å²) in [4.78, 5) is 23.3. The number of aliphatic carboxylic acids is 1. The average Bonchev–Trinajstić information content (AvgIpc) is 2.97. The lowest BCUT2D eigenvalue weighted by Gasteiger charge is -2.29. The van der Waals surface area contributed by atoms with Gasteiger partial charge in [-0.2, -0.15) is 0 Å². The standard InChI is InChI=1S/C19H27NO3/c1-13(12-19(2,3)16-7-5-4-6-8-16)20-17(21)14-9-10-15(11-14)18(22)23/h4-8,13-15H,9-12H2,1-3H3,(H,20,21)(H,22,23)/t13?,14-,15+/m1/s1. The first kappa shape index (κ1) is 17.5. The molecule has 1 amide bonds. The molecule has 2 rings (SSSR count). The Bertz CT molecular complexity index is 553. The molecule has 4 heteroatoms. The minimum atomic E-state index is -0.779. The van der Waals surface area contributed by atoms with E-state index in [0.717, 1.165) is 6.42 Å². The molecule has 1 fully saturated rings. The predicted octanol–water partition coefficient (Wildman–Crippen LogP) is 3.36. The van der Waals surface area contributed by atoms with E-state index in [-0.39, 0.29) is 29.2 Å². The highest BCUT2D eigenvalue weighted by atomic mass is 16.4. The summed E-state index contributed by atoms with van der Waals surface area (Å²) in [5, 5.41) is 12.1. The molecule has 1 aromatic rings. The summed E-state index contributed by atoms with van der Waals surface area (Å²) in [5.41, 5.74) is 1.24. The molecule has 0 aliphatic heterocycles. The first-order valence-corrected chi connectivity index (χ1v) is 8.38. The minimum Gasteiger partial charge on any atom is -0.481 e. The van der Waals surface area contributed by atoms with Crippen molar-refractivity contribution in [2.45, 2.75) is 57.9 Å². The zero-order valence-corrected chi connectivity index (χ0v) is 14.2. The fourth-order valence-corrected chi connectivity index (χ4v) is 3.63. The van der Waals surface area contributed by atoms with Gasteiger partial charge in [0.15, 0.2) is 0 Å². The highest BCUT2D eigenvalue weighted by Crippen LogP contribution is 2.32. The molecule has 3 atom stereocenters. The molecule has 1 unspecified atom stereocenters. The molecule has 126 valence electrons. The van der Waals surface area contributed by atoms with E-state index in [1.54, 1.807) is 0 Å². The summed E-state index contributed by atoms with van der Waals surface area (Å²) in [6.07, 6.45) is 2.60. The summed E-state index contributed by atoms with van der Waals surface area (Å²) in [6, 6.07) is 10.4. The lowest BCUT2D eigenvalue weighted by Crippen LogP contribution is -2.40. The smallest absolute Gasteiger partial charge is 0.306 e. The summed E-state index contributed by atoms with van der Waals surface area (Å²) in [7, 11) is 0. The molecule has 23 heavy (non-hydrogen) atoms. The fraction of sp³-hybridized carbons (Fsp3) is 0.579. The van der Waals surface area contributed by atoms with Crippen molar-refractivity contribution >= 4 is 11.9 Å². The summed E-state index contributed by atoms with van der Waals surface area (Å²) in [6.45, 7) is 6.38. The largest absolute Gasteiger partial charge is 0.481 e. The summed E-state index contributed by atoms with van der Waals surface area (Å²) < 4.78 is 0. The van der Waals surface area contributed by atoms with Gasteiger partial charge in [-0.1, -0.05) is 44.2 Å². The first-order valence-electron chi connectivity index (χ1n) is 8.38. The van der Waals surface area contributed by atoms with Gasteiger partial charge in [0.05, 0.1) is 5.92 Å². The molecule has 0 aromatic heterocycles. The Kier molecular flexibility index (Phi) is 5.45. The van der Waals surface area contributed by atoms with Gasteiger partial charge in [0.25, 0.3) is 0 Å². The van der Waals surface area contributed by atoms with E-state index in [2.05, 4.69) is 31.3 Å². The minimum absolute atomic E-state index is 0.00473. The van der Waals surface area contributed by atoms with Gasteiger partial charge in [-0.25, -0.2) is 0 Å². The normalized spacial score (nSPS) is 22.6. The molecule has 1 aliphatic rings. The topological polar surface area (TPSA) is 66.4 Å². The number of carbonyl (C=O) groups is 2. The van der Waals surface area contributed by atoms with Gasteiger partial charge in [0.2, 0.25) is 5.91 Å². The van der Waals surface area contributed by atoms with Gasteiger partial charge in [0.1, 0.15) is 0 Å². The third-order valence-corrected chi connectivity index (χ3v) is 4.91. The fourth-order valence-electron chi connectivity index (χ4n) is 3.63. The van der Waals surface area contributed by atoms with Crippen molar-refractivity contribution in [2.75, 3.05) is 0 Å². The molecule has 0 spiro atoms. The Hall–Kier alpha value is -1.84.